The third-order valence-electron chi connectivity index (χ3n) is 7.75. The van der Waals surface area contributed by atoms with Crippen LogP contribution in [0.25, 0.3) is 21.3 Å². The number of carbonyl (C=O) groups is 1. The Hall–Kier alpha value is -2.84. The van der Waals surface area contributed by atoms with Crippen molar-refractivity contribution in [3.8, 4) is 0 Å². The van der Waals surface area contributed by atoms with Crippen molar-refractivity contribution in [3.63, 3.8) is 0 Å². The predicted octanol–water partition coefficient (Wildman–Crippen LogP) is 3.23. The number of H-pyrrole nitrogens is 1. The van der Waals surface area contributed by atoms with Crippen molar-refractivity contribution in [2.24, 2.45) is 0 Å². The second-order valence-electron chi connectivity index (χ2n) is 10.2. The second-order valence-corrected chi connectivity index (χ2v) is 12.3. The fraction of sp³-hybridized carbons (Fsp3) is 0.500. The van der Waals surface area contributed by atoms with Crippen LogP contribution in [0.1, 0.15) is 23.3 Å². The van der Waals surface area contributed by atoms with E-state index in [-0.39, 0.29) is 6.04 Å². The van der Waals surface area contributed by atoms with Crippen LogP contribution in [-0.4, -0.2) is 108 Å². The fourth-order valence-corrected chi connectivity index (χ4v) is 7.48. The van der Waals surface area contributed by atoms with Gasteiger partial charge in [0.25, 0.3) is 0 Å². The summed E-state index contributed by atoms with van der Waals surface area (Å²) in [6.07, 6.45) is 10.4. The largest absolute Gasteiger partial charge is 0.480 e. The molecule has 39 heavy (non-hydrogen) atoms. The highest BCUT2D eigenvalue weighted by atomic mass is 32.2. The maximum absolute atomic E-state index is 12.5. The van der Waals surface area contributed by atoms with Crippen LogP contribution in [-0.2, 0) is 17.6 Å². The number of aromatic amines is 1. The molecule has 0 bridgehead atoms. The van der Waals surface area contributed by atoms with Gasteiger partial charge < -0.3 is 15.3 Å². The predicted molar refractivity (Wildman–Crippen MR) is 156 cm³/mol. The highest BCUT2D eigenvalue weighted by Gasteiger charge is 2.39. The van der Waals surface area contributed by atoms with Crippen molar-refractivity contribution in [2.45, 2.75) is 37.8 Å². The van der Waals surface area contributed by atoms with E-state index in [2.05, 4.69) is 52.4 Å². The van der Waals surface area contributed by atoms with E-state index >= 15 is 0 Å². The Morgan fingerprint density at radius 1 is 1.28 bits per heavy atom. The molecular weight excluding hydrogens is 534 g/mol. The van der Waals surface area contributed by atoms with Crippen molar-refractivity contribution in [2.75, 3.05) is 50.6 Å². The van der Waals surface area contributed by atoms with E-state index in [9.17, 15) is 9.90 Å². The molecule has 1 unspecified atom stereocenters. The monoisotopic (exact) mass is 567 g/mol. The van der Waals surface area contributed by atoms with Crippen LogP contribution in [0.2, 0.25) is 0 Å². The molecule has 1 aliphatic carbocycles. The highest BCUT2D eigenvalue weighted by Crippen LogP contribution is 2.40. The number of aliphatic carboxylic acids is 1. The molecule has 1 fully saturated rings. The molecule has 13 heteroatoms. The number of pyridine rings is 1. The van der Waals surface area contributed by atoms with Crippen molar-refractivity contribution >= 4 is 61.8 Å². The lowest BCUT2D eigenvalue weighted by atomic mass is 9.91. The van der Waals surface area contributed by atoms with Crippen LogP contribution in [0, 0.1) is 0 Å². The number of carboxylic acids is 1. The van der Waals surface area contributed by atoms with Crippen LogP contribution < -0.4 is 5.32 Å². The fourth-order valence-electron chi connectivity index (χ4n) is 5.76. The summed E-state index contributed by atoms with van der Waals surface area (Å²) in [4.78, 5) is 30.7. The van der Waals surface area contributed by atoms with Gasteiger partial charge in [-0.05, 0) is 56.4 Å². The number of hydrogen-bond acceptors (Lipinski definition) is 11. The van der Waals surface area contributed by atoms with Gasteiger partial charge in [-0.25, -0.2) is 25.0 Å². The van der Waals surface area contributed by atoms with Gasteiger partial charge in [-0.1, -0.05) is 0 Å². The summed E-state index contributed by atoms with van der Waals surface area (Å²) < 4.78 is 0. The first-order valence-corrected chi connectivity index (χ1v) is 15.5. The number of fused-ring (bicyclic) bond motifs is 4. The highest BCUT2D eigenvalue weighted by molar-refractivity contribution is 7.98. The Bertz CT molecular complexity index is 1470. The molecule has 0 aromatic carbocycles. The van der Waals surface area contributed by atoms with Crippen molar-refractivity contribution in [1.82, 2.24) is 40.1 Å². The summed E-state index contributed by atoms with van der Waals surface area (Å²) in [7, 11) is 2.13. The average Bonchev–Trinajstić information content (AvgIpc) is 3.55. The summed E-state index contributed by atoms with van der Waals surface area (Å²) in [5.41, 5.74) is 2.87. The molecule has 4 aromatic heterocycles. The molecular formula is C26H33N9O2S2. The minimum absolute atomic E-state index is 0.133. The third-order valence-corrected chi connectivity index (χ3v) is 9.56. The van der Waals surface area contributed by atoms with Gasteiger partial charge >= 0.3 is 5.97 Å². The van der Waals surface area contributed by atoms with Crippen LogP contribution in [0.3, 0.4) is 0 Å². The lowest BCUT2D eigenvalue weighted by molar-refractivity contribution is -0.164. The number of anilines is 2. The van der Waals surface area contributed by atoms with Crippen LogP contribution in [0.5, 0.6) is 0 Å². The van der Waals surface area contributed by atoms with Crippen LogP contribution in [0.15, 0.2) is 24.8 Å². The van der Waals surface area contributed by atoms with Crippen molar-refractivity contribution in [3.05, 3.63) is 35.2 Å². The number of aromatic nitrogens is 5. The summed E-state index contributed by atoms with van der Waals surface area (Å²) in [6.45, 7) is 3.58. The van der Waals surface area contributed by atoms with E-state index in [1.165, 1.54) is 10.4 Å². The second kappa shape index (κ2) is 11.3. The number of hydrazine groups is 1. The molecule has 0 radical (unpaired) electrons. The zero-order chi connectivity index (χ0) is 26.9. The standard InChI is InChI=1S/C26H33N9O2S2/c1-33-6-8-34(9-7-33)35(20(26(36)37)5-10-38-2)18-3-4-19-21(12-18)39-25-22(19)24(28-15-29-25)31-17-11-16-13-30-32-23(16)27-14-17/h11,13-15,18,20H,3-10,12H2,1-2H3,(H,36,37)(H,27,30,32)(H,28,29,31)/t18?,20-/m0/s1. The van der Waals surface area contributed by atoms with Gasteiger partial charge in [-0.3, -0.25) is 9.89 Å². The van der Waals surface area contributed by atoms with Gasteiger partial charge in [0.2, 0.25) is 0 Å². The van der Waals surface area contributed by atoms with Crippen LogP contribution in [0.4, 0.5) is 11.5 Å². The first kappa shape index (κ1) is 26.4. The van der Waals surface area contributed by atoms with Gasteiger partial charge in [0.05, 0.1) is 23.5 Å². The van der Waals surface area contributed by atoms with E-state index < -0.39 is 12.0 Å². The Morgan fingerprint density at radius 3 is 2.92 bits per heavy atom. The van der Waals surface area contributed by atoms with E-state index in [0.717, 1.165) is 83.9 Å². The molecule has 0 saturated carbocycles. The van der Waals surface area contributed by atoms with Gasteiger partial charge in [-0.2, -0.15) is 16.9 Å². The average molecular weight is 568 g/mol. The number of rotatable bonds is 9. The summed E-state index contributed by atoms with van der Waals surface area (Å²) in [5.74, 6) is 0.872. The summed E-state index contributed by atoms with van der Waals surface area (Å²) in [5, 5.41) is 27.2. The molecule has 0 spiro atoms. The lowest BCUT2D eigenvalue weighted by Gasteiger charge is -2.47. The number of thioether (sulfide) groups is 1. The number of hydrogen-bond donors (Lipinski definition) is 3. The molecule has 2 aliphatic rings. The molecule has 0 amide bonds. The lowest BCUT2D eigenvalue weighted by Crippen LogP contribution is -2.62. The minimum atomic E-state index is -0.731. The van der Waals surface area contributed by atoms with E-state index in [1.54, 1.807) is 41.8 Å². The number of nitrogens with one attached hydrogen (secondary N) is 2. The molecule has 11 nitrogen and oxygen atoms in total. The smallest absolute Gasteiger partial charge is 0.322 e. The Balaban J connectivity index is 1.30. The first-order valence-electron chi connectivity index (χ1n) is 13.3. The number of aryl methyl sites for hydroxylation is 1. The zero-order valence-corrected chi connectivity index (χ0v) is 23.8. The third kappa shape index (κ3) is 5.33. The molecule has 206 valence electrons. The summed E-state index contributed by atoms with van der Waals surface area (Å²) in [6, 6.07) is 1.61. The molecule has 5 heterocycles. The minimum Gasteiger partial charge on any atom is -0.480 e. The zero-order valence-electron chi connectivity index (χ0n) is 22.1. The van der Waals surface area contributed by atoms with E-state index in [4.69, 9.17) is 0 Å². The maximum atomic E-state index is 12.5. The van der Waals surface area contributed by atoms with Crippen molar-refractivity contribution in [1.29, 1.82) is 0 Å². The molecule has 1 saturated heterocycles. The summed E-state index contributed by atoms with van der Waals surface area (Å²) >= 11 is 3.41. The Morgan fingerprint density at radius 2 is 2.13 bits per heavy atom. The van der Waals surface area contributed by atoms with Gasteiger partial charge in [0, 0.05) is 42.5 Å². The molecule has 1 aliphatic heterocycles. The Kier molecular flexibility index (Phi) is 7.67. The number of likely N-dealkylation sites (N-methyl/N-ethyl adjacent to an activating group) is 1. The SMILES string of the molecule is CSCC[C@@H](C(=O)O)N(C1CCc2c(sc3ncnc(Nc4cnc5[nH]ncc5c4)c23)C1)N1CCN(C)CC1. The topological polar surface area (TPSA) is 126 Å². The van der Waals surface area contributed by atoms with E-state index in [1.807, 2.05) is 12.3 Å². The molecule has 3 N–H and O–H groups in total. The van der Waals surface area contributed by atoms with Gasteiger partial charge in [0.15, 0.2) is 5.65 Å². The quantitative estimate of drug-likeness (QED) is 0.276. The molecule has 6 rings (SSSR count). The number of nitrogens with zero attached hydrogens (tertiary/aromatic N) is 7. The van der Waals surface area contributed by atoms with Gasteiger partial charge in [-0.15, -0.1) is 11.3 Å². The maximum Gasteiger partial charge on any atom is 0.322 e. The van der Waals surface area contributed by atoms with E-state index in [0.29, 0.717) is 6.42 Å². The van der Waals surface area contributed by atoms with Crippen molar-refractivity contribution < 1.29 is 9.90 Å². The number of carboxylic acid groups (broad SMARTS) is 1. The normalized spacial score (nSPS) is 19.5. The number of piperazine rings is 1. The van der Waals surface area contributed by atoms with Gasteiger partial charge in [0.1, 0.15) is 23.0 Å². The Labute approximate surface area is 235 Å². The molecule has 2 atom stereocenters. The van der Waals surface area contributed by atoms with Crippen LogP contribution >= 0.6 is 23.1 Å². The number of thiophene rings is 1. The first-order chi connectivity index (χ1) is 19.0. The molecule has 4 aromatic rings.